The first-order valence-electron chi connectivity index (χ1n) is 7.87. The number of nitrogens with zero attached hydrogens (tertiary/aromatic N) is 4. The lowest BCUT2D eigenvalue weighted by molar-refractivity contribution is 0.303. The predicted molar refractivity (Wildman–Crippen MR) is 94.1 cm³/mol. The van der Waals surface area contributed by atoms with Gasteiger partial charge in [-0.15, -0.1) is 11.3 Å². The molecule has 0 saturated carbocycles. The topological polar surface area (TPSA) is 49.7 Å². The lowest BCUT2D eigenvalue weighted by Crippen LogP contribution is -2.20. The van der Waals surface area contributed by atoms with Gasteiger partial charge in [0.05, 0.1) is 16.9 Å². The third-order valence-corrected chi connectivity index (χ3v) is 4.53. The molecule has 0 bridgehead atoms. The first-order valence-corrected chi connectivity index (χ1v) is 8.75. The molecule has 3 aromatic rings. The molecule has 0 aliphatic heterocycles. The van der Waals surface area contributed by atoms with E-state index in [1.54, 1.807) is 11.3 Å². The second kappa shape index (κ2) is 7.10. The van der Waals surface area contributed by atoms with Crippen molar-refractivity contribution in [2.75, 3.05) is 7.05 Å². The van der Waals surface area contributed by atoms with Crippen LogP contribution in [0.15, 0.2) is 36.1 Å². The van der Waals surface area contributed by atoms with E-state index in [1.165, 1.54) is 10.6 Å². The molecule has 0 atom stereocenters. The van der Waals surface area contributed by atoms with E-state index in [9.17, 15) is 0 Å². The van der Waals surface area contributed by atoms with Crippen LogP contribution in [0.2, 0.25) is 0 Å². The minimum atomic E-state index is 0.620. The molecule has 0 aliphatic carbocycles. The highest BCUT2D eigenvalue weighted by atomic mass is 32.1. The van der Waals surface area contributed by atoms with Crippen molar-refractivity contribution in [1.29, 1.82) is 0 Å². The summed E-state index contributed by atoms with van der Waals surface area (Å²) in [6, 6.07) is 6.28. The van der Waals surface area contributed by atoms with Gasteiger partial charge in [-0.1, -0.05) is 19.9 Å². The van der Waals surface area contributed by atoms with Crippen molar-refractivity contribution in [3.63, 3.8) is 0 Å². The van der Waals surface area contributed by atoms with E-state index >= 15 is 0 Å². The van der Waals surface area contributed by atoms with Crippen molar-refractivity contribution in [1.82, 2.24) is 24.6 Å². The molecule has 3 aromatic heterocycles. The summed E-state index contributed by atoms with van der Waals surface area (Å²) in [7, 11) is 2.12. The summed E-state index contributed by atoms with van der Waals surface area (Å²) in [5.41, 5.74) is 3.40. The largest absolute Gasteiger partial charge is 0.333 e. The standard InChI is InChI=1S/C17H23N5S/c1-13(2)9-22-12-18-8-15(22)11-21(3)10-14-7-16(20-19-14)17-5-4-6-23-17/h4-8,12-13H,9-11H2,1-3H3,(H,19,20). The number of aromatic amines is 1. The highest BCUT2D eigenvalue weighted by Gasteiger charge is 2.10. The van der Waals surface area contributed by atoms with Crippen LogP contribution in [0.3, 0.4) is 0 Å². The molecule has 0 aromatic carbocycles. The number of nitrogens with one attached hydrogen (secondary N) is 1. The van der Waals surface area contributed by atoms with E-state index in [0.717, 1.165) is 31.0 Å². The van der Waals surface area contributed by atoms with E-state index in [0.29, 0.717) is 5.92 Å². The van der Waals surface area contributed by atoms with Gasteiger partial charge in [-0.25, -0.2) is 4.98 Å². The normalized spacial score (nSPS) is 11.7. The average molecular weight is 329 g/mol. The molecule has 5 nitrogen and oxygen atoms in total. The Balaban J connectivity index is 1.61. The second-order valence-corrected chi connectivity index (χ2v) is 7.31. The van der Waals surface area contributed by atoms with Gasteiger partial charge >= 0.3 is 0 Å². The molecular formula is C17H23N5S. The Labute approximate surface area is 141 Å². The number of hydrogen-bond donors (Lipinski definition) is 1. The van der Waals surface area contributed by atoms with Gasteiger partial charge in [-0.2, -0.15) is 5.10 Å². The SMILES string of the molecule is CC(C)Cn1cncc1CN(C)Cc1cc(-c2cccs2)n[nH]1. The zero-order valence-corrected chi connectivity index (χ0v) is 14.7. The van der Waals surface area contributed by atoms with E-state index in [1.807, 2.05) is 12.5 Å². The van der Waals surface area contributed by atoms with E-state index in [-0.39, 0.29) is 0 Å². The maximum Gasteiger partial charge on any atom is 0.102 e. The molecule has 0 radical (unpaired) electrons. The second-order valence-electron chi connectivity index (χ2n) is 6.36. The highest BCUT2D eigenvalue weighted by molar-refractivity contribution is 7.13. The molecule has 3 rings (SSSR count). The fourth-order valence-electron chi connectivity index (χ4n) is 2.65. The van der Waals surface area contributed by atoms with E-state index in [2.05, 4.69) is 69.1 Å². The van der Waals surface area contributed by atoms with Crippen molar-refractivity contribution in [3.05, 3.63) is 47.5 Å². The van der Waals surface area contributed by atoms with E-state index < -0.39 is 0 Å². The molecule has 0 spiro atoms. The number of H-pyrrole nitrogens is 1. The molecule has 0 saturated heterocycles. The maximum atomic E-state index is 4.41. The van der Waals surface area contributed by atoms with Gasteiger partial charge in [0, 0.05) is 31.5 Å². The minimum Gasteiger partial charge on any atom is -0.333 e. The third kappa shape index (κ3) is 4.09. The Morgan fingerprint density at radius 3 is 2.96 bits per heavy atom. The number of imidazole rings is 1. The van der Waals surface area contributed by atoms with Gasteiger partial charge < -0.3 is 4.57 Å². The number of rotatable bonds is 7. The van der Waals surface area contributed by atoms with Crippen LogP contribution < -0.4 is 0 Å². The maximum absolute atomic E-state index is 4.41. The fourth-order valence-corrected chi connectivity index (χ4v) is 3.34. The van der Waals surface area contributed by atoms with Crippen LogP contribution in [0.4, 0.5) is 0 Å². The predicted octanol–water partition coefficient (Wildman–Crippen LogP) is 3.62. The smallest absolute Gasteiger partial charge is 0.102 e. The van der Waals surface area contributed by atoms with Crippen molar-refractivity contribution in [2.45, 2.75) is 33.5 Å². The Bertz CT molecular complexity index is 726. The fraction of sp³-hybridized carbons (Fsp3) is 0.412. The van der Waals surface area contributed by atoms with Gasteiger partial charge in [0.2, 0.25) is 0 Å². The molecule has 3 heterocycles. The summed E-state index contributed by atoms with van der Waals surface area (Å²) < 4.78 is 2.24. The Morgan fingerprint density at radius 2 is 2.22 bits per heavy atom. The molecule has 0 aliphatic rings. The summed E-state index contributed by atoms with van der Waals surface area (Å²) in [4.78, 5) is 7.77. The van der Waals surface area contributed by atoms with Gasteiger partial charge in [0.1, 0.15) is 5.69 Å². The first-order chi connectivity index (χ1) is 11.1. The lowest BCUT2D eigenvalue weighted by atomic mass is 10.2. The van der Waals surface area contributed by atoms with Crippen LogP contribution in [0.5, 0.6) is 0 Å². The lowest BCUT2D eigenvalue weighted by Gasteiger charge is -2.17. The monoisotopic (exact) mass is 329 g/mol. The summed E-state index contributed by atoms with van der Waals surface area (Å²) in [5.74, 6) is 0.620. The summed E-state index contributed by atoms with van der Waals surface area (Å²) >= 11 is 1.71. The van der Waals surface area contributed by atoms with Gasteiger partial charge in [-0.3, -0.25) is 10.00 Å². The average Bonchev–Trinajstić information content (AvgIpc) is 3.20. The van der Waals surface area contributed by atoms with Crippen molar-refractivity contribution in [3.8, 4) is 10.6 Å². The number of hydrogen-bond acceptors (Lipinski definition) is 4. The highest BCUT2D eigenvalue weighted by Crippen LogP contribution is 2.23. The zero-order valence-electron chi connectivity index (χ0n) is 13.9. The van der Waals surface area contributed by atoms with Crippen LogP contribution in [0, 0.1) is 5.92 Å². The van der Waals surface area contributed by atoms with Gasteiger partial charge in [0.25, 0.3) is 0 Å². The zero-order chi connectivity index (χ0) is 16.2. The van der Waals surface area contributed by atoms with Crippen LogP contribution in [-0.2, 0) is 19.6 Å². The van der Waals surface area contributed by atoms with Gasteiger partial charge in [-0.05, 0) is 30.5 Å². The van der Waals surface area contributed by atoms with Crippen molar-refractivity contribution < 1.29 is 0 Å². The molecule has 0 amide bonds. The Morgan fingerprint density at radius 1 is 1.35 bits per heavy atom. The Hall–Kier alpha value is -1.92. The van der Waals surface area contributed by atoms with Crippen molar-refractivity contribution >= 4 is 11.3 Å². The summed E-state index contributed by atoms with van der Waals surface area (Å²) in [6.45, 7) is 7.18. The summed E-state index contributed by atoms with van der Waals surface area (Å²) in [6.07, 6.45) is 3.89. The quantitative estimate of drug-likeness (QED) is 0.720. The molecule has 6 heteroatoms. The minimum absolute atomic E-state index is 0.620. The molecule has 0 unspecified atom stereocenters. The first kappa shape index (κ1) is 16.0. The summed E-state index contributed by atoms with van der Waals surface area (Å²) in [5, 5.41) is 9.63. The molecule has 0 fully saturated rings. The van der Waals surface area contributed by atoms with Crippen LogP contribution in [0.25, 0.3) is 10.6 Å². The molecule has 1 N–H and O–H groups in total. The molecule has 122 valence electrons. The number of aromatic nitrogens is 4. The van der Waals surface area contributed by atoms with Crippen LogP contribution in [-0.4, -0.2) is 31.7 Å². The molecule has 23 heavy (non-hydrogen) atoms. The van der Waals surface area contributed by atoms with Crippen LogP contribution in [0.1, 0.15) is 25.2 Å². The van der Waals surface area contributed by atoms with Gasteiger partial charge in [0.15, 0.2) is 0 Å². The van der Waals surface area contributed by atoms with Crippen molar-refractivity contribution in [2.24, 2.45) is 5.92 Å². The third-order valence-electron chi connectivity index (χ3n) is 3.64. The molecular weight excluding hydrogens is 306 g/mol. The van der Waals surface area contributed by atoms with Crippen LogP contribution >= 0.6 is 11.3 Å². The van der Waals surface area contributed by atoms with E-state index in [4.69, 9.17) is 0 Å². The Kier molecular flexibility index (Phi) is 4.93. The number of thiophene rings is 1.